The molecule has 1 unspecified atom stereocenters. The molecule has 0 aliphatic carbocycles. The molecule has 7 nitrogen and oxygen atoms in total. The Balaban J connectivity index is 1.72. The van der Waals surface area contributed by atoms with Crippen molar-refractivity contribution < 1.29 is 0 Å². The van der Waals surface area contributed by atoms with Crippen molar-refractivity contribution in [3.05, 3.63) is 71.5 Å². The summed E-state index contributed by atoms with van der Waals surface area (Å²) in [5, 5.41) is 11.9. The summed E-state index contributed by atoms with van der Waals surface area (Å²) in [6.07, 6.45) is 7.60. The molecule has 0 aliphatic rings. The molecule has 0 spiro atoms. The second-order valence-corrected chi connectivity index (χ2v) is 7.96. The summed E-state index contributed by atoms with van der Waals surface area (Å²) in [5.41, 5.74) is 1.12. The van der Waals surface area contributed by atoms with Crippen molar-refractivity contribution in [3.63, 3.8) is 0 Å². The van der Waals surface area contributed by atoms with Crippen LogP contribution in [0.25, 0.3) is 0 Å². The van der Waals surface area contributed by atoms with Crippen LogP contribution in [0.15, 0.2) is 60.1 Å². The first-order valence-corrected chi connectivity index (χ1v) is 10.7. The fourth-order valence-electron chi connectivity index (χ4n) is 3.25. The van der Waals surface area contributed by atoms with Crippen LogP contribution in [0.5, 0.6) is 0 Å². The van der Waals surface area contributed by atoms with Gasteiger partial charge in [-0.25, -0.2) is 9.98 Å². The minimum atomic E-state index is 0.0176. The first-order valence-electron chi connectivity index (χ1n) is 10.3. The second-order valence-electron chi connectivity index (χ2n) is 7.52. The quantitative estimate of drug-likeness (QED) is 0.403. The lowest BCUT2D eigenvalue weighted by molar-refractivity contribution is 0.504. The Kier molecular flexibility index (Phi) is 7.90. The van der Waals surface area contributed by atoms with Crippen molar-refractivity contribution in [3.8, 4) is 0 Å². The molecule has 1 aromatic carbocycles. The van der Waals surface area contributed by atoms with Gasteiger partial charge < -0.3 is 15.2 Å². The fourth-order valence-corrected chi connectivity index (χ4v) is 3.38. The molecule has 0 fully saturated rings. The minimum Gasteiger partial charge on any atom is -0.357 e. The number of imidazole rings is 1. The van der Waals surface area contributed by atoms with E-state index in [0.29, 0.717) is 19.0 Å². The zero-order valence-corrected chi connectivity index (χ0v) is 18.5. The van der Waals surface area contributed by atoms with Gasteiger partial charge in [0.05, 0.1) is 6.04 Å². The highest BCUT2D eigenvalue weighted by Gasteiger charge is 2.15. The predicted octanol–water partition coefficient (Wildman–Crippen LogP) is 3.73. The van der Waals surface area contributed by atoms with E-state index in [-0.39, 0.29) is 6.04 Å². The number of nitrogens with zero attached hydrogens (tertiary/aromatic N) is 5. The second kappa shape index (κ2) is 10.8. The standard InChI is InChI=1S/C22H30ClN7/c1-4-24-22(27-15-21-25-11-13-29(21)16-17(2)3)26-14-20(30-12-5-10-28-30)18-6-8-19(23)9-7-18/h5-13,17,20H,4,14-16H2,1-3H3,(H2,24,26,27). The average Bonchev–Trinajstić information content (AvgIpc) is 3.39. The maximum absolute atomic E-state index is 6.07. The van der Waals surface area contributed by atoms with E-state index < -0.39 is 0 Å². The number of hydrogen-bond acceptors (Lipinski definition) is 3. The molecule has 3 aromatic rings. The van der Waals surface area contributed by atoms with Gasteiger partial charge in [0.1, 0.15) is 12.4 Å². The lowest BCUT2D eigenvalue weighted by Gasteiger charge is -2.20. The van der Waals surface area contributed by atoms with Gasteiger partial charge >= 0.3 is 0 Å². The van der Waals surface area contributed by atoms with Gasteiger partial charge in [-0.05, 0) is 36.6 Å². The van der Waals surface area contributed by atoms with E-state index in [0.717, 1.165) is 35.5 Å². The fraction of sp³-hybridized carbons (Fsp3) is 0.409. The molecule has 160 valence electrons. The smallest absolute Gasteiger partial charge is 0.191 e. The summed E-state index contributed by atoms with van der Waals surface area (Å²) in [7, 11) is 0. The van der Waals surface area contributed by atoms with E-state index in [2.05, 4.69) is 46.1 Å². The van der Waals surface area contributed by atoms with Crippen LogP contribution in [0, 0.1) is 5.92 Å². The molecule has 1 atom stereocenters. The largest absolute Gasteiger partial charge is 0.357 e. The molecule has 30 heavy (non-hydrogen) atoms. The summed E-state index contributed by atoms with van der Waals surface area (Å²) in [6, 6.07) is 9.81. The van der Waals surface area contributed by atoms with Crippen molar-refractivity contribution in [2.24, 2.45) is 10.9 Å². The van der Waals surface area contributed by atoms with Gasteiger partial charge in [0.2, 0.25) is 0 Å². The normalized spacial score (nSPS) is 12.9. The summed E-state index contributed by atoms with van der Waals surface area (Å²) < 4.78 is 4.10. The highest BCUT2D eigenvalue weighted by molar-refractivity contribution is 6.30. The van der Waals surface area contributed by atoms with Gasteiger partial charge in [0.25, 0.3) is 0 Å². The molecule has 0 radical (unpaired) electrons. The Hall–Kier alpha value is -2.80. The molecule has 0 saturated heterocycles. The van der Waals surface area contributed by atoms with Crippen molar-refractivity contribution in [1.29, 1.82) is 0 Å². The van der Waals surface area contributed by atoms with Gasteiger partial charge in [0, 0.05) is 49.4 Å². The third kappa shape index (κ3) is 6.10. The highest BCUT2D eigenvalue weighted by atomic mass is 35.5. The molecule has 0 amide bonds. The summed E-state index contributed by atoms with van der Waals surface area (Å²) >= 11 is 6.07. The molecular weight excluding hydrogens is 398 g/mol. The van der Waals surface area contributed by atoms with Gasteiger partial charge in [0.15, 0.2) is 5.96 Å². The molecule has 0 saturated carbocycles. The minimum absolute atomic E-state index is 0.0176. The van der Waals surface area contributed by atoms with Crippen LogP contribution in [-0.4, -0.2) is 38.4 Å². The third-order valence-electron chi connectivity index (χ3n) is 4.65. The van der Waals surface area contributed by atoms with Crippen molar-refractivity contribution in [2.45, 2.75) is 39.9 Å². The van der Waals surface area contributed by atoms with Crippen LogP contribution in [-0.2, 0) is 13.1 Å². The highest BCUT2D eigenvalue weighted by Crippen LogP contribution is 2.19. The van der Waals surface area contributed by atoms with Gasteiger partial charge in [-0.3, -0.25) is 4.68 Å². The number of guanidine groups is 1. The Morgan fingerprint density at radius 1 is 1.13 bits per heavy atom. The van der Waals surface area contributed by atoms with Crippen LogP contribution in [0.4, 0.5) is 0 Å². The number of hydrogen-bond donors (Lipinski definition) is 2. The van der Waals surface area contributed by atoms with E-state index in [9.17, 15) is 0 Å². The van der Waals surface area contributed by atoms with Crippen LogP contribution in [0.3, 0.4) is 0 Å². The van der Waals surface area contributed by atoms with Crippen molar-refractivity contribution in [1.82, 2.24) is 30.0 Å². The lowest BCUT2D eigenvalue weighted by Crippen LogP contribution is -2.40. The molecule has 3 rings (SSSR count). The molecule has 2 aromatic heterocycles. The number of benzene rings is 1. The van der Waals surface area contributed by atoms with Gasteiger partial charge in [-0.2, -0.15) is 5.10 Å². The SMILES string of the molecule is CCNC(=NCc1nccn1CC(C)C)NCC(c1ccc(Cl)cc1)n1cccn1. The lowest BCUT2D eigenvalue weighted by atomic mass is 10.1. The molecular formula is C22H30ClN7. The predicted molar refractivity (Wildman–Crippen MR) is 122 cm³/mol. The maximum atomic E-state index is 6.07. The van der Waals surface area contributed by atoms with Crippen LogP contribution in [0.2, 0.25) is 5.02 Å². The first-order chi connectivity index (χ1) is 14.6. The number of rotatable bonds is 9. The summed E-state index contributed by atoms with van der Waals surface area (Å²) in [5.74, 6) is 2.27. The Morgan fingerprint density at radius 2 is 1.93 bits per heavy atom. The number of halogens is 1. The van der Waals surface area contributed by atoms with Crippen LogP contribution in [0.1, 0.15) is 38.2 Å². The molecule has 0 bridgehead atoms. The zero-order valence-electron chi connectivity index (χ0n) is 17.8. The monoisotopic (exact) mass is 427 g/mol. The average molecular weight is 428 g/mol. The molecule has 0 aliphatic heterocycles. The van der Waals surface area contributed by atoms with Crippen LogP contribution >= 0.6 is 11.6 Å². The molecule has 2 N–H and O–H groups in total. The third-order valence-corrected chi connectivity index (χ3v) is 4.90. The number of nitrogens with one attached hydrogen (secondary N) is 2. The Morgan fingerprint density at radius 3 is 2.60 bits per heavy atom. The van der Waals surface area contributed by atoms with Gasteiger partial charge in [-0.1, -0.05) is 37.6 Å². The summed E-state index contributed by atoms with van der Waals surface area (Å²) in [4.78, 5) is 9.21. The molecule has 8 heteroatoms. The topological polar surface area (TPSA) is 72.1 Å². The Bertz CT molecular complexity index is 913. The van der Waals surface area contributed by atoms with E-state index in [1.54, 1.807) is 6.20 Å². The first kappa shape index (κ1) is 21.9. The van der Waals surface area contributed by atoms with Crippen LogP contribution < -0.4 is 10.6 Å². The van der Waals surface area contributed by atoms with E-state index in [4.69, 9.17) is 16.6 Å². The van der Waals surface area contributed by atoms with Gasteiger partial charge in [-0.15, -0.1) is 0 Å². The molecule has 2 heterocycles. The van der Waals surface area contributed by atoms with E-state index in [1.165, 1.54) is 0 Å². The number of aromatic nitrogens is 4. The zero-order chi connectivity index (χ0) is 21.3. The van der Waals surface area contributed by atoms with Crippen molar-refractivity contribution in [2.75, 3.05) is 13.1 Å². The summed E-state index contributed by atoms with van der Waals surface area (Å²) in [6.45, 7) is 9.32. The van der Waals surface area contributed by atoms with E-state index in [1.807, 2.05) is 53.6 Å². The number of aliphatic imine (C=N–C) groups is 1. The maximum Gasteiger partial charge on any atom is 0.191 e. The van der Waals surface area contributed by atoms with E-state index >= 15 is 0 Å². The van der Waals surface area contributed by atoms with Crippen molar-refractivity contribution >= 4 is 17.6 Å². The Labute approximate surface area is 183 Å².